The van der Waals surface area contributed by atoms with E-state index in [1.54, 1.807) is 6.07 Å². The summed E-state index contributed by atoms with van der Waals surface area (Å²) in [5.41, 5.74) is 11.9. The molecule has 1 amide bonds. The van der Waals surface area contributed by atoms with Crippen molar-refractivity contribution in [3.05, 3.63) is 46.8 Å². The number of aromatic amines is 1. The Morgan fingerprint density at radius 2 is 2.00 bits per heavy atom. The summed E-state index contributed by atoms with van der Waals surface area (Å²) in [6.45, 7) is 4.01. The van der Waals surface area contributed by atoms with Gasteiger partial charge in [-0.15, -0.1) is 0 Å². The Bertz CT molecular complexity index is 710. The maximum absolute atomic E-state index is 12.0. The first-order valence-electron chi connectivity index (χ1n) is 6.14. The summed E-state index contributed by atoms with van der Waals surface area (Å²) in [5, 5.41) is 2.84. The van der Waals surface area contributed by atoms with Crippen molar-refractivity contribution in [2.75, 3.05) is 11.1 Å². The number of nitrogens with one attached hydrogen (secondary N) is 2. The molecule has 0 unspecified atom stereocenters. The van der Waals surface area contributed by atoms with Crippen LogP contribution in [0.2, 0.25) is 0 Å². The van der Waals surface area contributed by atoms with E-state index in [2.05, 4.69) is 16.4 Å². The minimum absolute atomic E-state index is 0.0905. The molecule has 0 spiro atoms. The molecule has 19 heavy (non-hydrogen) atoms. The van der Waals surface area contributed by atoms with E-state index < -0.39 is 0 Å². The molecule has 0 radical (unpaired) electrons. The highest BCUT2D eigenvalue weighted by atomic mass is 16.2. The Balaban J connectivity index is 2.14. The molecule has 4 nitrogen and oxygen atoms in total. The van der Waals surface area contributed by atoms with Crippen molar-refractivity contribution in [3.8, 4) is 0 Å². The lowest BCUT2D eigenvalue weighted by atomic mass is 10.0. The van der Waals surface area contributed by atoms with E-state index in [0.29, 0.717) is 11.3 Å². The van der Waals surface area contributed by atoms with Gasteiger partial charge in [0.2, 0.25) is 0 Å². The number of nitrogen functional groups attached to an aromatic ring is 1. The number of rotatable bonds is 1. The van der Waals surface area contributed by atoms with Crippen LogP contribution < -0.4 is 11.1 Å². The summed E-state index contributed by atoms with van der Waals surface area (Å²) in [6, 6.07) is 7.49. The number of H-pyrrole nitrogens is 1. The maximum Gasteiger partial charge on any atom is 0.256 e. The molecule has 96 valence electrons. The van der Waals surface area contributed by atoms with Crippen molar-refractivity contribution in [2.24, 2.45) is 0 Å². The standard InChI is InChI=1S/C15H15N3O/c1-8-5-9(2)17-14(8)7-12-11-6-10(16)3-4-13(11)18-15(12)19/h3-7,17H,16H2,1-2H3,(H,18,19)/b12-7-. The van der Waals surface area contributed by atoms with Gasteiger partial charge in [-0.3, -0.25) is 4.79 Å². The van der Waals surface area contributed by atoms with Gasteiger partial charge in [-0.05, 0) is 49.8 Å². The molecule has 2 aromatic rings. The molecule has 4 heteroatoms. The lowest BCUT2D eigenvalue weighted by Gasteiger charge is -2.00. The van der Waals surface area contributed by atoms with Gasteiger partial charge < -0.3 is 16.0 Å². The molecule has 1 aromatic carbocycles. The van der Waals surface area contributed by atoms with E-state index in [0.717, 1.165) is 28.2 Å². The minimum atomic E-state index is -0.0905. The Hall–Kier alpha value is -2.49. The Kier molecular flexibility index (Phi) is 2.45. The van der Waals surface area contributed by atoms with Crippen LogP contribution in [0.5, 0.6) is 0 Å². The summed E-state index contributed by atoms with van der Waals surface area (Å²) in [4.78, 5) is 15.3. The molecule has 0 aliphatic carbocycles. The first-order valence-corrected chi connectivity index (χ1v) is 6.14. The van der Waals surface area contributed by atoms with Gasteiger partial charge in [-0.2, -0.15) is 0 Å². The zero-order valence-electron chi connectivity index (χ0n) is 10.9. The van der Waals surface area contributed by atoms with Gasteiger partial charge in [0.25, 0.3) is 5.91 Å². The number of amides is 1. The van der Waals surface area contributed by atoms with E-state index in [9.17, 15) is 4.79 Å². The number of carbonyl (C=O) groups excluding carboxylic acids is 1. The summed E-state index contributed by atoms with van der Waals surface area (Å²) in [6.07, 6.45) is 1.88. The Morgan fingerprint density at radius 1 is 1.21 bits per heavy atom. The molecule has 0 atom stereocenters. The van der Waals surface area contributed by atoms with Gasteiger partial charge in [0.05, 0.1) is 5.57 Å². The first-order chi connectivity index (χ1) is 9.04. The normalized spacial score (nSPS) is 15.7. The summed E-state index contributed by atoms with van der Waals surface area (Å²) in [7, 11) is 0. The van der Waals surface area contributed by atoms with E-state index in [4.69, 9.17) is 5.73 Å². The number of anilines is 2. The monoisotopic (exact) mass is 253 g/mol. The van der Waals surface area contributed by atoms with Gasteiger partial charge in [-0.1, -0.05) is 0 Å². The van der Waals surface area contributed by atoms with E-state index >= 15 is 0 Å². The van der Waals surface area contributed by atoms with Crippen molar-refractivity contribution in [1.82, 2.24) is 4.98 Å². The molecule has 3 rings (SSSR count). The Labute approximate surface area is 111 Å². The average molecular weight is 253 g/mol. The topological polar surface area (TPSA) is 70.9 Å². The molecule has 1 aliphatic heterocycles. The molecule has 2 heterocycles. The largest absolute Gasteiger partial charge is 0.399 e. The van der Waals surface area contributed by atoms with Crippen LogP contribution in [0.15, 0.2) is 24.3 Å². The van der Waals surface area contributed by atoms with Crippen molar-refractivity contribution in [3.63, 3.8) is 0 Å². The lowest BCUT2D eigenvalue weighted by molar-refractivity contribution is -0.110. The van der Waals surface area contributed by atoms with Crippen LogP contribution in [0.1, 0.15) is 22.5 Å². The SMILES string of the molecule is Cc1cc(C)c(/C=C2\C(=O)Nc3ccc(N)cc32)[nH]1. The summed E-state index contributed by atoms with van der Waals surface area (Å²) < 4.78 is 0. The van der Waals surface area contributed by atoms with Crippen LogP contribution in [0.3, 0.4) is 0 Å². The highest BCUT2D eigenvalue weighted by Crippen LogP contribution is 2.34. The van der Waals surface area contributed by atoms with Crippen LogP contribution in [-0.2, 0) is 4.79 Å². The molecule has 0 saturated carbocycles. The van der Waals surface area contributed by atoms with E-state index in [1.807, 2.05) is 32.1 Å². The fourth-order valence-electron chi connectivity index (χ4n) is 2.39. The van der Waals surface area contributed by atoms with Crippen LogP contribution in [0.25, 0.3) is 11.6 Å². The molecule has 0 saturated heterocycles. The third-order valence-corrected chi connectivity index (χ3v) is 3.30. The molecule has 1 aliphatic rings. The maximum atomic E-state index is 12.0. The molecule has 1 aromatic heterocycles. The van der Waals surface area contributed by atoms with E-state index in [-0.39, 0.29) is 5.91 Å². The van der Waals surface area contributed by atoms with Gasteiger partial charge in [0, 0.05) is 28.3 Å². The minimum Gasteiger partial charge on any atom is -0.399 e. The molecule has 0 fully saturated rings. The second kappa shape index (κ2) is 4.02. The number of hydrogen-bond donors (Lipinski definition) is 3. The van der Waals surface area contributed by atoms with Gasteiger partial charge in [0.1, 0.15) is 0 Å². The predicted octanol–water partition coefficient (Wildman–Crippen LogP) is 2.71. The van der Waals surface area contributed by atoms with Gasteiger partial charge in [0.15, 0.2) is 0 Å². The van der Waals surface area contributed by atoms with Crippen LogP contribution in [0.4, 0.5) is 11.4 Å². The quantitative estimate of drug-likeness (QED) is 0.540. The summed E-state index contributed by atoms with van der Waals surface area (Å²) in [5.74, 6) is -0.0905. The van der Waals surface area contributed by atoms with Crippen LogP contribution in [-0.4, -0.2) is 10.9 Å². The number of nitrogens with two attached hydrogens (primary N) is 1. The number of aromatic nitrogens is 1. The van der Waals surface area contributed by atoms with Crippen molar-refractivity contribution in [2.45, 2.75) is 13.8 Å². The fraction of sp³-hybridized carbons (Fsp3) is 0.133. The Morgan fingerprint density at radius 3 is 2.68 bits per heavy atom. The molecular weight excluding hydrogens is 238 g/mol. The zero-order chi connectivity index (χ0) is 13.6. The second-order valence-corrected chi connectivity index (χ2v) is 4.87. The van der Waals surface area contributed by atoms with Crippen molar-refractivity contribution < 1.29 is 4.79 Å². The number of carbonyl (C=O) groups is 1. The molecule has 4 N–H and O–H groups in total. The smallest absolute Gasteiger partial charge is 0.256 e. The van der Waals surface area contributed by atoms with Crippen molar-refractivity contribution >= 4 is 28.9 Å². The molecular formula is C15H15N3O. The van der Waals surface area contributed by atoms with Gasteiger partial charge in [-0.25, -0.2) is 0 Å². The van der Waals surface area contributed by atoms with Crippen LogP contribution >= 0.6 is 0 Å². The first kappa shape index (κ1) is 11.6. The predicted molar refractivity (Wildman–Crippen MR) is 77.6 cm³/mol. The highest BCUT2D eigenvalue weighted by molar-refractivity contribution is 6.35. The number of benzene rings is 1. The zero-order valence-corrected chi connectivity index (χ0v) is 10.9. The third kappa shape index (κ3) is 1.91. The van der Waals surface area contributed by atoms with Crippen LogP contribution in [0, 0.1) is 13.8 Å². The second-order valence-electron chi connectivity index (χ2n) is 4.87. The van der Waals surface area contributed by atoms with E-state index in [1.165, 1.54) is 0 Å². The number of aryl methyl sites for hydroxylation is 2. The van der Waals surface area contributed by atoms with Crippen molar-refractivity contribution in [1.29, 1.82) is 0 Å². The molecule has 0 bridgehead atoms. The number of hydrogen-bond acceptors (Lipinski definition) is 2. The third-order valence-electron chi connectivity index (χ3n) is 3.30. The summed E-state index contributed by atoms with van der Waals surface area (Å²) >= 11 is 0. The number of fused-ring (bicyclic) bond motifs is 1. The fourth-order valence-corrected chi connectivity index (χ4v) is 2.39. The average Bonchev–Trinajstić information content (AvgIpc) is 2.81. The lowest BCUT2D eigenvalue weighted by Crippen LogP contribution is -2.03. The van der Waals surface area contributed by atoms with Gasteiger partial charge >= 0.3 is 0 Å². The highest BCUT2D eigenvalue weighted by Gasteiger charge is 2.24.